The Labute approximate surface area is 184 Å². The summed E-state index contributed by atoms with van der Waals surface area (Å²) in [6.07, 6.45) is 9.08. The van der Waals surface area contributed by atoms with Crippen LogP contribution in [0, 0.1) is 0 Å². The fourth-order valence-corrected chi connectivity index (χ4v) is 4.50. The minimum absolute atomic E-state index is 0.186. The van der Waals surface area contributed by atoms with Gasteiger partial charge in [0.05, 0.1) is 12.3 Å². The van der Waals surface area contributed by atoms with Crippen LogP contribution in [0.3, 0.4) is 0 Å². The summed E-state index contributed by atoms with van der Waals surface area (Å²) < 4.78 is 1.89. The molecule has 0 saturated carbocycles. The molecule has 1 aliphatic heterocycles. The SMILES string of the molecule is CCc1nn2cccnc2c1C(C)(C)c1ccc(/C=C/CN2CCN[C@H](CO)C2)cc1. The van der Waals surface area contributed by atoms with Gasteiger partial charge in [-0.2, -0.15) is 5.10 Å². The van der Waals surface area contributed by atoms with Crippen molar-refractivity contribution in [1.29, 1.82) is 0 Å². The molecule has 1 aromatic carbocycles. The van der Waals surface area contributed by atoms with Crippen molar-refractivity contribution in [1.82, 2.24) is 24.8 Å². The lowest BCUT2D eigenvalue weighted by molar-refractivity contribution is 0.158. The smallest absolute Gasteiger partial charge is 0.159 e. The van der Waals surface area contributed by atoms with E-state index in [1.165, 1.54) is 16.7 Å². The molecule has 0 bridgehead atoms. The van der Waals surface area contributed by atoms with E-state index >= 15 is 0 Å². The molecule has 3 aromatic rings. The zero-order valence-corrected chi connectivity index (χ0v) is 18.8. The summed E-state index contributed by atoms with van der Waals surface area (Å²) in [7, 11) is 0. The quantitative estimate of drug-likeness (QED) is 0.617. The molecule has 0 unspecified atom stereocenters. The summed E-state index contributed by atoms with van der Waals surface area (Å²) >= 11 is 0. The van der Waals surface area contributed by atoms with Crippen molar-refractivity contribution in [3.63, 3.8) is 0 Å². The number of hydrogen-bond donors (Lipinski definition) is 2. The number of fused-ring (bicyclic) bond motifs is 1. The van der Waals surface area contributed by atoms with Crippen LogP contribution in [0.1, 0.15) is 43.2 Å². The summed E-state index contributed by atoms with van der Waals surface area (Å²) in [4.78, 5) is 6.99. The van der Waals surface area contributed by atoms with Gasteiger partial charge in [0.2, 0.25) is 0 Å². The molecule has 0 aliphatic carbocycles. The van der Waals surface area contributed by atoms with Gasteiger partial charge < -0.3 is 10.4 Å². The van der Waals surface area contributed by atoms with Crippen molar-refractivity contribution >= 4 is 11.7 Å². The van der Waals surface area contributed by atoms with Gasteiger partial charge in [-0.15, -0.1) is 0 Å². The Balaban J connectivity index is 1.50. The van der Waals surface area contributed by atoms with Crippen molar-refractivity contribution in [3.8, 4) is 0 Å². The molecule has 0 amide bonds. The van der Waals surface area contributed by atoms with Gasteiger partial charge in [0.25, 0.3) is 0 Å². The highest BCUT2D eigenvalue weighted by atomic mass is 16.3. The molecule has 4 rings (SSSR count). The van der Waals surface area contributed by atoms with E-state index in [2.05, 4.69) is 72.4 Å². The second-order valence-electron chi connectivity index (χ2n) is 8.81. The predicted molar refractivity (Wildman–Crippen MR) is 125 cm³/mol. The number of hydrogen-bond acceptors (Lipinski definition) is 5. The summed E-state index contributed by atoms with van der Waals surface area (Å²) in [5.41, 5.74) is 5.51. The number of aryl methyl sites for hydroxylation is 1. The first-order valence-electron chi connectivity index (χ1n) is 11.2. The number of nitrogens with zero attached hydrogens (tertiary/aromatic N) is 4. The molecule has 1 aliphatic rings. The van der Waals surface area contributed by atoms with E-state index in [0.717, 1.165) is 43.9 Å². The fourth-order valence-electron chi connectivity index (χ4n) is 4.50. The number of aromatic nitrogens is 3. The molecule has 6 heteroatoms. The average molecular weight is 420 g/mol. The van der Waals surface area contributed by atoms with E-state index in [1.807, 2.05) is 23.0 Å². The number of aliphatic hydroxyl groups excluding tert-OH is 1. The van der Waals surface area contributed by atoms with Gasteiger partial charge in [-0.1, -0.05) is 57.2 Å². The van der Waals surface area contributed by atoms with Gasteiger partial charge in [-0.25, -0.2) is 9.50 Å². The Kier molecular flexibility index (Phi) is 6.51. The fraction of sp³-hybridized carbons (Fsp3) is 0.440. The number of nitrogens with one attached hydrogen (secondary N) is 1. The largest absolute Gasteiger partial charge is 0.395 e. The maximum absolute atomic E-state index is 9.35. The Bertz CT molecular complexity index is 1040. The zero-order chi connectivity index (χ0) is 21.8. The number of rotatable bonds is 7. The van der Waals surface area contributed by atoms with E-state index in [4.69, 9.17) is 5.10 Å². The van der Waals surface area contributed by atoms with Crippen LogP contribution in [0.5, 0.6) is 0 Å². The first kappa shape index (κ1) is 21.7. The van der Waals surface area contributed by atoms with Crippen molar-refractivity contribution in [2.75, 3.05) is 32.8 Å². The van der Waals surface area contributed by atoms with E-state index in [0.29, 0.717) is 0 Å². The van der Waals surface area contributed by atoms with E-state index in [1.54, 1.807) is 0 Å². The van der Waals surface area contributed by atoms with Crippen molar-refractivity contribution < 1.29 is 5.11 Å². The number of piperazine rings is 1. The maximum atomic E-state index is 9.35. The maximum Gasteiger partial charge on any atom is 0.159 e. The summed E-state index contributed by atoms with van der Waals surface area (Å²) in [5.74, 6) is 0. The monoisotopic (exact) mass is 419 g/mol. The number of benzene rings is 1. The van der Waals surface area contributed by atoms with Crippen molar-refractivity contribution in [2.24, 2.45) is 0 Å². The molecule has 3 heterocycles. The summed E-state index contributed by atoms with van der Waals surface area (Å²) in [6.45, 7) is 10.6. The standard InChI is InChI=1S/C25H33N5O/c1-4-22-23(24-27-12-6-15-30(24)28-22)25(2,3)20-10-8-19(9-11-20)7-5-14-29-16-13-26-21(17-29)18-31/h5-12,15,21,26,31H,4,13-14,16-18H2,1-3H3/b7-5+/t21-/m0/s1. The van der Waals surface area contributed by atoms with Crippen LogP contribution in [0.2, 0.25) is 0 Å². The molecule has 0 spiro atoms. The molecular weight excluding hydrogens is 386 g/mol. The normalized spacial score (nSPS) is 18.3. The first-order valence-corrected chi connectivity index (χ1v) is 11.2. The van der Waals surface area contributed by atoms with Crippen LogP contribution in [-0.4, -0.2) is 63.4 Å². The van der Waals surface area contributed by atoms with Gasteiger partial charge in [0.15, 0.2) is 5.65 Å². The molecular formula is C25H33N5O. The topological polar surface area (TPSA) is 65.7 Å². The third-order valence-corrected chi connectivity index (χ3v) is 6.29. The minimum atomic E-state index is -0.191. The summed E-state index contributed by atoms with van der Waals surface area (Å²) in [5, 5.41) is 17.4. The van der Waals surface area contributed by atoms with Crippen molar-refractivity contribution in [2.45, 2.75) is 38.6 Å². The highest BCUT2D eigenvalue weighted by molar-refractivity contribution is 5.59. The Morgan fingerprint density at radius 2 is 2.06 bits per heavy atom. The Morgan fingerprint density at radius 1 is 1.26 bits per heavy atom. The van der Waals surface area contributed by atoms with Crippen LogP contribution < -0.4 is 5.32 Å². The van der Waals surface area contributed by atoms with Gasteiger partial charge in [-0.05, 0) is 23.6 Å². The molecule has 31 heavy (non-hydrogen) atoms. The molecule has 164 valence electrons. The molecule has 1 atom stereocenters. The lowest BCUT2D eigenvalue weighted by Crippen LogP contribution is -2.52. The van der Waals surface area contributed by atoms with Crippen LogP contribution in [0.25, 0.3) is 11.7 Å². The lowest BCUT2D eigenvalue weighted by atomic mass is 9.77. The molecule has 2 aromatic heterocycles. The predicted octanol–water partition coefficient (Wildman–Crippen LogP) is 2.90. The molecule has 0 radical (unpaired) electrons. The number of aliphatic hydroxyl groups is 1. The Hall–Kier alpha value is -2.54. The summed E-state index contributed by atoms with van der Waals surface area (Å²) in [6, 6.07) is 10.9. The van der Waals surface area contributed by atoms with Crippen molar-refractivity contribution in [3.05, 3.63) is 71.2 Å². The lowest BCUT2D eigenvalue weighted by Gasteiger charge is -2.31. The third-order valence-electron chi connectivity index (χ3n) is 6.29. The van der Waals surface area contributed by atoms with E-state index in [9.17, 15) is 5.11 Å². The molecule has 1 saturated heterocycles. The van der Waals surface area contributed by atoms with Gasteiger partial charge in [-0.3, -0.25) is 4.90 Å². The highest BCUT2D eigenvalue weighted by Gasteiger charge is 2.30. The zero-order valence-electron chi connectivity index (χ0n) is 18.8. The molecule has 6 nitrogen and oxygen atoms in total. The minimum Gasteiger partial charge on any atom is -0.395 e. The van der Waals surface area contributed by atoms with Crippen LogP contribution in [0.15, 0.2) is 48.8 Å². The van der Waals surface area contributed by atoms with Gasteiger partial charge in [0, 0.05) is 55.6 Å². The third kappa shape index (κ3) is 4.56. The Morgan fingerprint density at radius 3 is 2.81 bits per heavy atom. The van der Waals surface area contributed by atoms with Crippen LogP contribution in [0.4, 0.5) is 0 Å². The van der Waals surface area contributed by atoms with Gasteiger partial charge >= 0.3 is 0 Å². The second-order valence-corrected chi connectivity index (χ2v) is 8.81. The average Bonchev–Trinajstić information content (AvgIpc) is 3.19. The molecule has 2 N–H and O–H groups in total. The van der Waals surface area contributed by atoms with E-state index in [-0.39, 0.29) is 18.1 Å². The van der Waals surface area contributed by atoms with Crippen LogP contribution in [-0.2, 0) is 11.8 Å². The second kappa shape index (κ2) is 9.30. The molecule has 1 fully saturated rings. The van der Waals surface area contributed by atoms with Crippen LogP contribution >= 0.6 is 0 Å². The highest BCUT2D eigenvalue weighted by Crippen LogP contribution is 2.36. The van der Waals surface area contributed by atoms with E-state index < -0.39 is 0 Å². The van der Waals surface area contributed by atoms with Gasteiger partial charge in [0.1, 0.15) is 0 Å². The first-order chi connectivity index (χ1) is 15.0.